The molecule has 8 heteroatoms. The van der Waals surface area contributed by atoms with Crippen LogP contribution in [-0.4, -0.2) is 56.3 Å². The second-order valence-electron chi connectivity index (χ2n) is 7.05. The SMILES string of the molecule is O=C(c1ccc(NS(=O)(=O)c2cccs2)cc1)N1CCC(N2CCCC2)C1. The molecular formula is C19H23N3O3S2. The Morgan fingerprint density at radius 1 is 1.07 bits per heavy atom. The average molecular weight is 406 g/mol. The number of hydrogen-bond acceptors (Lipinski definition) is 5. The van der Waals surface area contributed by atoms with E-state index in [-0.39, 0.29) is 10.1 Å². The average Bonchev–Trinajstić information content (AvgIpc) is 3.43. The summed E-state index contributed by atoms with van der Waals surface area (Å²) < 4.78 is 27.4. The Morgan fingerprint density at radius 2 is 1.81 bits per heavy atom. The molecular weight excluding hydrogens is 382 g/mol. The smallest absolute Gasteiger partial charge is 0.271 e. The molecule has 0 radical (unpaired) electrons. The van der Waals surface area contributed by atoms with Gasteiger partial charge in [-0.3, -0.25) is 14.4 Å². The standard InChI is InChI=1S/C19H23N3O3S2/c23-19(22-12-9-17(14-22)21-10-1-2-11-21)15-5-7-16(8-6-15)20-27(24,25)18-4-3-13-26-18/h3-8,13,17,20H,1-2,9-12,14H2. The van der Waals surface area contributed by atoms with E-state index in [2.05, 4.69) is 9.62 Å². The normalized spacial score (nSPS) is 20.9. The molecule has 1 N–H and O–H groups in total. The number of hydrogen-bond donors (Lipinski definition) is 1. The predicted molar refractivity (Wildman–Crippen MR) is 107 cm³/mol. The van der Waals surface area contributed by atoms with Gasteiger partial charge in [0.15, 0.2) is 0 Å². The van der Waals surface area contributed by atoms with Gasteiger partial charge in [-0.15, -0.1) is 11.3 Å². The molecule has 1 aromatic carbocycles. The van der Waals surface area contributed by atoms with Crippen LogP contribution in [0.5, 0.6) is 0 Å². The topological polar surface area (TPSA) is 69.7 Å². The quantitative estimate of drug-likeness (QED) is 0.830. The zero-order chi connectivity index (χ0) is 18.9. The highest BCUT2D eigenvalue weighted by Crippen LogP contribution is 2.23. The first-order chi connectivity index (χ1) is 13.0. The van der Waals surface area contributed by atoms with Crippen molar-refractivity contribution in [2.45, 2.75) is 29.5 Å². The van der Waals surface area contributed by atoms with Crippen molar-refractivity contribution in [3.63, 3.8) is 0 Å². The molecule has 0 spiro atoms. The maximum atomic E-state index is 12.8. The zero-order valence-corrected chi connectivity index (χ0v) is 16.6. The molecule has 2 saturated heterocycles. The number of nitrogens with one attached hydrogen (secondary N) is 1. The third-order valence-corrected chi connectivity index (χ3v) is 8.03. The van der Waals surface area contributed by atoms with Gasteiger partial charge in [-0.1, -0.05) is 6.07 Å². The first-order valence-corrected chi connectivity index (χ1v) is 11.6. The summed E-state index contributed by atoms with van der Waals surface area (Å²) in [4.78, 5) is 17.2. The van der Waals surface area contributed by atoms with Crippen molar-refractivity contribution in [2.75, 3.05) is 30.9 Å². The van der Waals surface area contributed by atoms with E-state index in [1.807, 2.05) is 4.90 Å². The number of amides is 1. The molecule has 1 atom stereocenters. The van der Waals surface area contributed by atoms with Crippen LogP contribution in [0, 0.1) is 0 Å². The Bertz CT molecular complexity index is 889. The fourth-order valence-electron chi connectivity index (χ4n) is 3.82. The van der Waals surface area contributed by atoms with Crippen molar-refractivity contribution >= 4 is 33.0 Å². The summed E-state index contributed by atoms with van der Waals surface area (Å²) in [7, 11) is -3.57. The van der Waals surface area contributed by atoms with Crippen LogP contribution in [-0.2, 0) is 10.0 Å². The lowest BCUT2D eigenvalue weighted by molar-refractivity contribution is 0.0780. The lowest BCUT2D eigenvalue weighted by Crippen LogP contribution is -2.37. The molecule has 2 aliphatic heterocycles. The van der Waals surface area contributed by atoms with E-state index in [0.717, 1.165) is 32.6 Å². The van der Waals surface area contributed by atoms with Gasteiger partial charge in [0.1, 0.15) is 4.21 Å². The van der Waals surface area contributed by atoms with Gasteiger partial charge in [0.05, 0.1) is 0 Å². The van der Waals surface area contributed by atoms with Gasteiger partial charge in [-0.05, 0) is 68.1 Å². The molecule has 144 valence electrons. The molecule has 1 unspecified atom stereocenters. The Morgan fingerprint density at radius 3 is 2.48 bits per heavy atom. The van der Waals surface area contributed by atoms with Crippen LogP contribution in [0.25, 0.3) is 0 Å². The largest absolute Gasteiger partial charge is 0.337 e. The lowest BCUT2D eigenvalue weighted by atomic mass is 10.2. The number of nitrogens with zero attached hydrogens (tertiary/aromatic N) is 2. The third kappa shape index (κ3) is 4.02. The molecule has 0 aliphatic carbocycles. The van der Waals surface area contributed by atoms with Crippen molar-refractivity contribution in [3.05, 3.63) is 47.3 Å². The number of sulfonamides is 1. The maximum absolute atomic E-state index is 12.8. The molecule has 1 aromatic heterocycles. The minimum Gasteiger partial charge on any atom is -0.337 e. The van der Waals surface area contributed by atoms with Crippen molar-refractivity contribution in [1.82, 2.24) is 9.80 Å². The van der Waals surface area contributed by atoms with E-state index < -0.39 is 10.0 Å². The first kappa shape index (κ1) is 18.5. The summed E-state index contributed by atoms with van der Waals surface area (Å²) in [5, 5.41) is 1.72. The Balaban J connectivity index is 1.39. The number of carbonyl (C=O) groups is 1. The fourth-order valence-corrected chi connectivity index (χ4v) is 5.87. The van der Waals surface area contributed by atoms with E-state index in [9.17, 15) is 13.2 Å². The molecule has 3 heterocycles. The second-order valence-corrected chi connectivity index (χ2v) is 9.91. The molecule has 2 aliphatic rings. The van der Waals surface area contributed by atoms with Crippen LogP contribution in [0.4, 0.5) is 5.69 Å². The van der Waals surface area contributed by atoms with Crippen LogP contribution in [0.3, 0.4) is 0 Å². The molecule has 4 rings (SSSR count). The van der Waals surface area contributed by atoms with Crippen molar-refractivity contribution in [2.24, 2.45) is 0 Å². The minimum atomic E-state index is -3.57. The van der Waals surface area contributed by atoms with Crippen molar-refractivity contribution in [3.8, 4) is 0 Å². The van der Waals surface area contributed by atoms with E-state index >= 15 is 0 Å². The van der Waals surface area contributed by atoms with Crippen LogP contribution >= 0.6 is 11.3 Å². The lowest BCUT2D eigenvalue weighted by Gasteiger charge is -2.23. The summed E-state index contributed by atoms with van der Waals surface area (Å²) in [5.74, 6) is 0.0179. The van der Waals surface area contributed by atoms with E-state index in [1.165, 1.54) is 24.2 Å². The highest BCUT2D eigenvalue weighted by molar-refractivity contribution is 7.94. The number of carbonyl (C=O) groups excluding carboxylic acids is 1. The summed E-state index contributed by atoms with van der Waals surface area (Å²) >= 11 is 1.17. The van der Waals surface area contributed by atoms with E-state index in [1.54, 1.807) is 41.8 Å². The van der Waals surface area contributed by atoms with Gasteiger partial charge in [0.25, 0.3) is 15.9 Å². The predicted octanol–water partition coefficient (Wildman–Crippen LogP) is 2.86. The summed E-state index contributed by atoms with van der Waals surface area (Å²) in [5.41, 5.74) is 1.05. The van der Waals surface area contributed by atoms with Gasteiger partial charge in [0, 0.05) is 30.4 Å². The molecule has 0 saturated carbocycles. The highest BCUT2D eigenvalue weighted by atomic mass is 32.2. The van der Waals surface area contributed by atoms with Crippen LogP contribution in [0.2, 0.25) is 0 Å². The van der Waals surface area contributed by atoms with Crippen molar-refractivity contribution < 1.29 is 13.2 Å². The number of thiophene rings is 1. The molecule has 1 amide bonds. The second kappa shape index (κ2) is 7.61. The van der Waals surface area contributed by atoms with E-state index in [4.69, 9.17) is 0 Å². The first-order valence-electron chi connectivity index (χ1n) is 9.23. The van der Waals surface area contributed by atoms with Gasteiger partial charge in [0.2, 0.25) is 0 Å². The summed E-state index contributed by atoms with van der Waals surface area (Å²) in [6.45, 7) is 3.86. The number of rotatable bonds is 5. The number of likely N-dealkylation sites (tertiary alicyclic amines) is 2. The Hall–Kier alpha value is -1.90. The number of benzene rings is 1. The zero-order valence-electron chi connectivity index (χ0n) is 15.0. The molecule has 6 nitrogen and oxygen atoms in total. The van der Waals surface area contributed by atoms with Crippen LogP contribution in [0.1, 0.15) is 29.6 Å². The van der Waals surface area contributed by atoms with Crippen LogP contribution in [0.15, 0.2) is 46.0 Å². The monoisotopic (exact) mass is 405 g/mol. The summed E-state index contributed by atoms with van der Waals surface area (Å²) in [6, 6.07) is 10.4. The van der Waals surface area contributed by atoms with Crippen LogP contribution < -0.4 is 4.72 Å². The number of anilines is 1. The van der Waals surface area contributed by atoms with Gasteiger partial charge in [-0.2, -0.15) is 0 Å². The highest BCUT2D eigenvalue weighted by Gasteiger charge is 2.31. The van der Waals surface area contributed by atoms with Gasteiger partial charge < -0.3 is 4.90 Å². The van der Waals surface area contributed by atoms with E-state index in [0.29, 0.717) is 17.3 Å². The Kier molecular flexibility index (Phi) is 5.21. The minimum absolute atomic E-state index is 0.0179. The van der Waals surface area contributed by atoms with Crippen molar-refractivity contribution in [1.29, 1.82) is 0 Å². The molecule has 27 heavy (non-hydrogen) atoms. The summed E-state index contributed by atoms with van der Waals surface area (Å²) in [6.07, 6.45) is 3.55. The molecule has 2 fully saturated rings. The Labute approximate surface area is 163 Å². The molecule has 2 aromatic rings. The fraction of sp³-hybridized carbons (Fsp3) is 0.421. The van der Waals surface area contributed by atoms with Gasteiger partial charge >= 0.3 is 0 Å². The van der Waals surface area contributed by atoms with Gasteiger partial charge in [-0.25, -0.2) is 8.42 Å². The maximum Gasteiger partial charge on any atom is 0.271 e. The molecule has 0 bridgehead atoms. The third-order valence-electron chi connectivity index (χ3n) is 5.25.